The van der Waals surface area contributed by atoms with Gasteiger partial charge in [0, 0.05) is 28.1 Å². The standard InChI is InChI=1S/C12H20O7/c1-7(13)17-6-10-12(19-8(2)14)11(16-4)9(15-3)5-18-10/h9-12H,5-6H2,1-4H3/t9-,10-,11-,12-/m0/s1. The second-order valence-electron chi connectivity index (χ2n) is 4.22. The Morgan fingerprint density at radius 2 is 1.79 bits per heavy atom. The second kappa shape index (κ2) is 7.42. The fourth-order valence-corrected chi connectivity index (χ4v) is 2.00. The van der Waals surface area contributed by atoms with Crippen LogP contribution in [0.1, 0.15) is 13.8 Å². The van der Waals surface area contributed by atoms with E-state index in [9.17, 15) is 9.59 Å². The SMILES string of the molecule is CO[C@@H]1[C@@H](OC(C)=O)[C@H](COC(C)=O)OC[C@@H]1OC. The maximum absolute atomic E-state index is 11.2. The molecule has 0 aromatic rings. The number of hydrogen-bond donors (Lipinski definition) is 0. The quantitative estimate of drug-likeness (QED) is 0.649. The van der Waals surface area contributed by atoms with Crippen molar-refractivity contribution in [1.29, 1.82) is 0 Å². The Morgan fingerprint density at radius 1 is 1.11 bits per heavy atom. The summed E-state index contributed by atoms with van der Waals surface area (Å²) >= 11 is 0. The molecule has 1 saturated heterocycles. The minimum atomic E-state index is -0.680. The fraction of sp³-hybridized carbons (Fsp3) is 0.833. The van der Waals surface area contributed by atoms with E-state index in [0.29, 0.717) is 0 Å². The van der Waals surface area contributed by atoms with Gasteiger partial charge in [-0.3, -0.25) is 9.59 Å². The molecule has 1 heterocycles. The van der Waals surface area contributed by atoms with Crippen LogP contribution in [0.3, 0.4) is 0 Å². The molecule has 0 saturated carbocycles. The highest BCUT2D eigenvalue weighted by Gasteiger charge is 2.43. The number of ether oxygens (including phenoxy) is 5. The average Bonchev–Trinajstić information content (AvgIpc) is 2.35. The summed E-state index contributed by atoms with van der Waals surface area (Å²) in [6.45, 7) is 2.88. The van der Waals surface area contributed by atoms with Crippen LogP contribution in [0.4, 0.5) is 0 Å². The van der Waals surface area contributed by atoms with Crippen molar-refractivity contribution in [3.05, 3.63) is 0 Å². The van der Waals surface area contributed by atoms with Gasteiger partial charge in [0.1, 0.15) is 24.9 Å². The molecule has 0 spiro atoms. The van der Waals surface area contributed by atoms with Gasteiger partial charge in [0.05, 0.1) is 6.61 Å². The van der Waals surface area contributed by atoms with Crippen LogP contribution < -0.4 is 0 Å². The van der Waals surface area contributed by atoms with Gasteiger partial charge < -0.3 is 23.7 Å². The molecule has 1 rings (SSSR count). The Hall–Kier alpha value is -1.18. The topological polar surface area (TPSA) is 80.3 Å². The van der Waals surface area contributed by atoms with E-state index < -0.39 is 30.3 Å². The van der Waals surface area contributed by atoms with E-state index in [0.717, 1.165) is 0 Å². The van der Waals surface area contributed by atoms with Gasteiger partial charge in [-0.05, 0) is 0 Å². The van der Waals surface area contributed by atoms with Crippen molar-refractivity contribution in [2.45, 2.75) is 38.3 Å². The summed E-state index contributed by atoms with van der Waals surface area (Å²) in [7, 11) is 3.03. The molecular weight excluding hydrogens is 256 g/mol. The molecule has 1 fully saturated rings. The first-order valence-electron chi connectivity index (χ1n) is 5.97. The summed E-state index contributed by atoms with van der Waals surface area (Å²) in [5, 5.41) is 0. The van der Waals surface area contributed by atoms with Crippen molar-refractivity contribution in [2.24, 2.45) is 0 Å². The first kappa shape index (κ1) is 15.9. The Labute approximate surface area is 112 Å². The first-order valence-corrected chi connectivity index (χ1v) is 5.97. The van der Waals surface area contributed by atoms with Crippen LogP contribution in [0.15, 0.2) is 0 Å². The molecular formula is C12H20O7. The number of methoxy groups -OCH3 is 2. The molecule has 0 aromatic heterocycles. The minimum absolute atomic E-state index is 0.00355. The third-order valence-corrected chi connectivity index (χ3v) is 2.86. The minimum Gasteiger partial charge on any atom is -0.463 e. The van der Waals surface area contributed by atoms with E-state index in [1.165, 1.54) is 28.1 Å². The van der Waals surface area contributed by atoms with Crippen molar-refractivity contribution < 1.29 is 33.3 Å². The summed E-state index contributed by atoms with van der Waals surface area (Å²) in [6.07, 6.45) is -2.06. The monoisotopic (exact) mass is 276 g/mol. The van der Waals surface area contributed by atoms with E-state index in [4.69, 9.17) is 23.7 Å². The lowest BCUT2D eigenvalue weighted by Crippen LogP contribution is -2.57. The molecule has 4 atom stereocenters. The van der Waals surface area contributed by atoms with E-state index in [-0.39, 0.29) is 19.3 Å². The highest BCUT2D eigenvalue weighted by molar-refractivity contribution is 5.66. The van der Waals surface area contributed by atoms with E-state index in [1.807, 2.05) is 0 Å². The molecule has 0 aliphatic carbocycles. The summed E-state index contributed by atoms with van der Waals surface area (Å²) < 4.78 is 26.2. The number of carbonyl (C=O) groups excluding carboxylic acids is 2. The number of hydrogen-bond acceptors (Lipinski definition) is 7. The molecule has 1 aliphatic rings. The molecule has 0 unspecified atom stereocenters. The predicted octanol–water partition coefficient (Wildman–Crippen LogP) is -0.0900. The van der Waals surface area contributed by atoms with Gasteiger partial charge in [-0.15, -0.1) is 0 Å². The van der Waals surface area contributed by atoms with E-state index >= 15 is 0 Å². The molecule has 1 aliphatic heterocycles. The summed E-state index contributed by atoms with van der Waals surface area (Å²) in [4.78, 5) is 22.0. The van der Waals surface area contributed by atoms with Crippen molar-refractivity contribution in [3.8, 4) is 0 Å². The molecule has 0 amide bonds. The zero-order valence-electron chi connectivity index (χ0n) is 11.6. The Morgan fingerprint density at radius 3 is 2.26 bits per heavy atom. The third-order valence-electron chi connectivity index (χ3n) is 2.86. The highest BCUT2D eigenvalue weighted by Crippen LogP contribution is 2.23. The molecule has 7 heteroatoms. The summed E-state index contributed by atoms with van der Waals surface area (Å²) in [5.41, 5.74) is 0. The molecule has 19 heavy (non-hydrogen) atoms. The molecule has 0 radical (unpaired) electrons. The second-order valence-corrected chi connectivity index (χ2v) is 4.22. The zero-order chi connectivity index (χ0) is 14.4. The van der Waals surface area contributed by atoms with Crippen molar-refractivity contribution in [1.82, 2.24) is 0 Å². The van der Waals surface area contributed by atoms with Gasteiger partial charge in [0.2, 0.25) is 0 Å². The van der Waals surface area contributed by atoms with Gasteiger partial charge in [0.25, 0.3) is 0 Å². The first-order chi connectivity index (χ1) is 8.99. The van der Waals surface area contributed by atoms with Crippen LogP contribution in [0.5, 0.6) is 0 Å². The van der Waals surface area contributed by atoms with Gasteiger partial charge in [0.15, 0.2) is 6.10 Å². The molecule has 0 bridgehead atoms. The Kier molecular flexibility index (Phi) is 6.20. The largest absolute Gasteiger partial charge is 0.463 e. The van der Waals surface area contributed by atoms with Gasteiger partial charge >= 0.3 is 11.9 Å². The normalized spacial score (nSPS) is 30.7. The van der Waals surface area contributed by atoms with Gasteiger partial charge in [-0.1, -0.05) is 0 Å². The van der Waals surface area contributed by atoms with E-state index in [2.05, 4.69) is 0 Å². The van der Waals surface area contributed by atoms with Gasteiger partial charge in [-0.2, -0.15) is 0 Å². The fourth-order valence-electron chi connectivity index (χ4n) is 2.00. The molecule has 110 valence electrons. The predicted molar refractivity (Wildman–Crippen MR) is 63.5 cm³/mol. The zero-order valence-corrected chi connectivity index (χ0v) is 11.6. The van der Waals surface area contributed by atoms with Crippen molar-refractivity contribution in [2.75, 3.05) is 27.4 Å². The molecule has 7 nitrogen and oxygen atoms in total. The Balaban J connectivity index is 2.77. The van der Waals surface area contributed by atoms with Crippen molar-refractivity contribution in [3.63, 3.8) is 0 Å². The summed E-state index contributed by atoms with van der Waals surface area (Å²) in [5.74, 6) is -0.881. The number of esters is 2. The van der Waals surface area contributed by atoms with Crippen molar-refractivity contribution >= 4 is 11.9 Å². The van der Waals surface area contributed by atoms with Crippen LogP contribution in [0.25, 0.3) is 0 Å². The lowest BCUT2D eigenvalue weighted by Gasteiger charge is -2.40. The molecule has 0 N–H and O–H groups in total. The lowest BCUT2D eigenvalue weighted by molar-refractivity contribution is -0.225. The van der Waals surface area contributed by atoms with E-state index in [1.54, 1.807) is 0 Å². The van der Waals surface area contributed by atoms with Crippen LogP contribution >= 0.6 is 0 Å². The summed E-state index contributed by atoms with van der Waals surface area (Å²) in [6, 6.07) is 0. The highest BCUT2D eigenvalue weighted by atomic mass is 16.6. The smallest absolute Gasteiger partial charge is 0.303 e. The van der Waals surface area contributed by atoms with Crippen LogP contribution in [-0.2, 0) is 33.3 Å². The Bertz CT molecular complexity index is 317. The lowest BCUT2D eigenvalue weighted by atomic mass is 10.00. The van der Waals surface area contributed by atoms with Crippen LogP contribution in [0.2, 0.25) is 0 Å². The maximum atomic E-state index is 11.2. The third kappa shape index (κ3) is 4.45. The number of rotatable bonds is 5. The van der Waals surface area contributed by atoms with Crippen LogP contribution in [0, 0.1) is 0 Å². The van der Waals surface area contributed by atoms with Gasteiger partial charge in [-0.25, -0.2) is 0 Å². The molecule has 0 aromatic carbocycles. The number of carbonyl (C=O) groups is 2. The average molecular weight is 276 g/mol. The maximum Gasteiger partial charge on any atom is 0.303 e. The van der Waals surface area contributed by atoms with Crippen LogP contribution in [-0.4, -0.2) is 63.8 Å².